The van der Waals surface area contributed by atoms with E-state index in [1.807, 2.05) is 31.2 Å². The predicted octanol–water partition coefficient (Wildman–Crippen LogP) is 2.74. The molecule has 1 aromatic carbocycles. The molecule has 0 amide bonds. The van der Waals surface area contributed by atoms with Crippen molar-refractivity contribution in [3.8, 4) is 11.1 Å². The van der Waals surface area contributed by atoms with Gasteiger partial charge in [-0.25, -0.2) is 13.1 Å². The predicted molar refractivity (Wildman–Crippen MR) is 79.9 cm³/mol. The van der Waals surface area contributed by atoms with Gasteiger partial charge in [-0.1, -0.05) is 12.1 Å². The molecule has 0 atom stereocenters. The summed E-state index contributed by atoms with van der Waals surface area (Å²) in [5, 5.41) is 0. The molecule has 106 valence electrons. The van der Waals surface area contributed by atoms with Gasteiger partial charge in [-0.2, -0.15) is 0 Å². The topological polar surface area (TPSA) is 59.1 Å². The first-order valence-electron chi connectivity index (χ1n) is 6.44. The van der Waals surface area contributed by atoms with Crippen molar-refractivity contribution in [3.05, 3.63) is 48.3 Å². The highest BCUT2D eigenvalue weighted by Gasteiger charge is 2.14. The molecule has 1 aromatic heterocycles. The van der Waals surface area contributed by atoms with Crippen molar-refractivity contribution in [3.63, 3.8) is 0 Å². The molecule has 1 N–H and O–H groups in total. The van der Waals surface area contributed by atoms with Crippen LogP contribution in [0.5, 0.6) is 0 Å². The van der Waals surface area contributed by atoms with Crippen LogP contribution >= 0.6 is 0 Å². The van der Waals surface area contributed by atoms with Gasteiger partial charge in [-0.05, 0) is 56.2 Å². The van der Waals surface area contributed by atoms with Crippen molar-refractivity contribution >= 4 is 10.0 Å². The monoisotopic (exact) mass is 290 g/mol. The lowest BCUT2D eigenvalue weighted by atomic mass is 10.1. The Balaban J connectivity index is 2.31. The second-order valence-electron chi connectivity index (χ2n) is 4.99. The van der Waals surface area contributed by atoms with Gasteiger partial charge in [0.1, 0.15) is 0 Å². The van der Waals surface area contributed by atoms with Crippen molar-refractivity contribution < 1.29 is 8.42 Å². The van der Waals surface area contributed by atoms with Crippen molar-refractivity contribution in [2.24, 2.45) is 0 Å². The van der Waals surface area contributed by atoms with E-state index < -0.39 is 10.0 Å². The molecule has 0 fully saturated rings. The van der Waals surface area contributed by atoms with Gasteiger partial charge in [0, 0.05) is 17.9 Å². The zero-order valence-corrected chi connectivity index (χ0v) is 12.6. The van der Waals surface area contributed by atoms with E-state index in [0.29, 0.717) is 0 Å². The summed E-state index contributed by atoms with van der Waals surface area (Å²) >= 11 is 0. The zero-order chi connectivity index (χ0) is 14.8. The molecule has 5 heteroatoms. The van der Waals surface area contributed by atoms with Gasteiger partial charge in [-0.15, -0.1) is 0 Å². The van der Waals surface area contributed by atoms with Crippen LogP contribution in [0.3, 0.4) is 0 Å². The Morgan fingerprint density at radius 1 is 1.05 bits per heavy atom. The van der Waals surface area contributed by atoms with E-state index in [-0.39, 0.29) is 10.9 Å². The normalized spacial score (nSPS) is 11.8. The van der Waals surface area contributed by atoms with Crippen LogP contribution in [-0.2, 0) is 10.0 Å². The van der Waals surface area contributed by atoms with Gasteiger partial charge in [0.2, 0.25) is 10.0 Å². The number of aromatic nitrogens is 1. The van der Waals surface area contributed by atoms with Crippen molar-refractivity contribution in [2.45, 2.75) is 31.7 Å². The second-order valence-corrected chi connectivity index (χ2v) is 6.70. The number of hydrogen-bond acceptors (Lipinski definition) is 3. The summed E-state index contributed by atoms with van der Waals surface area (Å²) in [7, 11) is -3.43. The van der Waals surface area contributed by atoms with Gasteiger partial charge >= 0.3 is 0 Å². The number of nitrogens with one attached hydrogen (secondary N) is 1. The third-order valence-electron chi connectivity index (χ3n) is 2.79. The fraction of sp³-hybridized carbons (Fsp3) is 0.267. The molecule has 0 aliphatic rings. The zero-order valence-electron chi connectivity index (χ0n) is 11.8. The molecule has 2 aromatic rings. The minimum Gasteiger partial charge on any atom is -0.262 e. The highest BCUT2D eigenvalue weighted by Crippen LogP contribution is 2.21. The highest BCUT2D eigenvalue weighted by atomic mass is 32.2. The molecule has 20 heavy (non-hydrogen) atoms. The van der Waals surface area contributed by atoms with Crippen LogP contribution in [0, 0.1) is 6.92 Å². The second kappa shape index (κ2) is 5.73. The quantitative estimate of drug-likeness (QED) is 0.942. The van der Waals surface area contributed by atoms with Crippen molar-refractivity contribution in [1.82, 2.24) is 9.71 Å². The Morgan fingerprint density at radius 2 is 1.70 bits per heavy atom. The maximum atomic E-state index is 12.0. The van der Waals surface area contributed by atoms with E-state index in [1.165, 1.54) is 0 Å². The number of benzene rings is 1. The van der Waals surface area contributed by atoms with Crippen LogP contribution < -0.4 is 4.72 Å². The maximum Gasteiger partial charge on any atom is 0.240 e. The Morgan fingerprint density at radius 3 is 2.25 bits per heavy atom. The Bertz CT molecular complexity index is 692. The van der Waals surface area contributed by atoms with Crippen LogP contribution in [0.15, 0.2) is 47.5 Å². The van der Waals surface area contributed by atoms with Crippen LogP contribution in [0.1, 0.15) is 19.5 Å². The standard InChI is InChI=1S/C15H18N2O2S/c1-11(2)17-20(18,19)15-6-4-13(5-7-15)14-8-9-16-12(3)10-14/h4-11,17H,1-3H3. The fourth-order valence-corrected chi connectivity index (χ4v) is 3.18. The minimum atomic E-state index is -3.43. The highest BCUT2D eigenvalue weighted by molar-refractivity contribution is 7.89. The van der Waals surface area contributed by atoms with E-state index >= 15 is 0 Å². The first-order valence-corrected chi connectivity index (χ1v) is 7.92. The van der Waals surface area contributed by atoms with E-state index in [1.54, 1.807) is 32.2 Å². The Kier molecular flexibility index (Phi) is 4.20. The van der Waals surface area contributed by atoms with E-state index in [4.69, 9.17) is 0 Å². The molecular weight excluding hydrogens is 272 g/mol. The molecule has 4 nitrogen and oxygen atoms in total. The molecule has 2 rings (SSSR count). The molecule has 0 bridgehead atoms. The largest absolute Gasteiger partial charge is 0.262 e. The first-order chi connectivity index (χ1) is 9.38. The lowest BCUT2D eigenvalue weighted by molar-refractivity contribution is 0.570. The molecule has 0 aliphatic heterocycles. The summed E-state index contributed by atoms with van der Waals surface area (Å²) in [6.07, 6.45) is 1.75. The third-order valence-corrected chi connectivity index (χ3v) is 4.46. The molecular formula is C15H18N2O2S. The van der Waals surface area contributed by atoms with Gasteiger partial charge in [-0.3, -0.25) is 4.98 Å². The number of nitrogens with zero attached hydrogens (tertiary/aromatic N) is 1. The summed E-state index contributed by atoms with van der Waals surface area (Å²) in [6.45, 7) is 5.52. The van der Waals surface area contributed by atoms with Crippen LogP contribution in [-0.4, -0.2) is 19.4 Å². The summed E-state index contributed by atoms with van der Waals surface area (Å²) in [5.41, 5.74) is 2.93. The number of rotatable bonds is 4. The van der Waals surface area contributed by atoms with Crippen LogP contribution in [0.25, 0.3) is 11.1 Å². The molecule has 0 spiro atoms. The first kappa shape index (κ1) is 14.7. The lowest BCUT2D eigenvalue weighted by Crippen LogP contribution is -2.30. The third kappa shape index (κ3) is 3.43. The average Bonchev–Trinajstić information content (AvgIpc) is 2.37. The van der Waals surface area contributed by atoms with E-state index in [2.05, 4.69) is 9.71 Å². The number of hydrogen-bond donors (Lipinski definition) is 1. The van der Waals surface area contributed by atoms with Crippen LogP contribution in [0.2, 0.25) is 0 Å². The van der Waals surface area contributed by atoms with Gasteiger partial charge in [0.05, 0.1) is 4.90 Å². The van der Waals surface area contributed by atoms with E-state index in [9.17, 15) is 8.42 Å². The molecule has 0 saturated heterocycles. The Labute approximate surface area is 119 Å². The summed E-state index contributed by atoms with van der Waals surface area (Å²) in [6, 6.07) is 10.6. The summed E-state index contributed by atoms with van der Waals surface area (Å²) in [4.78, 5) is 4.43. The molecule has 0 aliphatic carbocycles. The summed E-state index contributed by atoms with van der Waals surface area (Å²) in [5.74, 6) is 0. The van der Waals surface area contributed by atoms with Crippen LogP contribution in [0.4, 0.5) is 0 Å². The number of sulfonamides is 1. The molecule has 0 radical (unpaired) electrons. The molecule has 1 heterocycles. The van der Waals surface area contributed by atoms with Gasteiger partial charge < -0.3 is 0 Å². The molecule has 0 unspecified atom stereocenters. The molecule has 0 saturated carbocycles. The van der Waals surface area contributed by atoms with Crippen molar-refractivity contribution in [2.75, 3.05) is 0 Å². The van der Waals surface area contributed by atoms with Crippen molar-refractivity contribution in [1.29, 1.82) is 0 Å². The van der Waals surface area contributed by atoms with Gasteiger partial charge in [0.15, 0.2) is 0 Å². The number of pyridine rings is 1. The average molecular weight is 290 g/mol. The fourth-order valence-electron chi connectivity index (χ4n) is 1.93. The lowest BCUT2D eigenvalue weighted by Gasteiger charge is -2.10. The number of aryl methyl sites for hydroxylation is 1. The smallest absolute Gasteiger partial charge is 0.240 e. The van der Waals surface area contributed by atoms with E-state index in [0.717, 1.165) is 16.8 Å². The minimum absolute atomic E-state index is 0.123. The Hall–Kier alpha value is -1.72. The van der Waals surface area contributed by atoms with Gasteiger partial charge in [0.25, 0.3) is 0 Å². The summed E-state index contributed by atoms with van der Waals surface area (Å²) < 4.78 is 26.6. The maximum absolute atomic E-state index is 12.0. The SMILES string of the molecule is Cc1cc(-c2ccc(S(=O)(=O)NC(C)C)cc2)ccn1.